The Hall–Kier alpha value is -1.57. The van der Waals surface area contributed by atoms with E-state index in [1.54, 1.807) is 0 Å². The van der Waals surface area contributed by atoms with Gasteiger partial charge in [-0.25, -0.2) is 0 Å². The molecule has 1 aromatic rings. The van der Waals surface area contributed by atoms with Crippen molar-refractivity contribution in [2.24, 2.45) is 5.41 Å². The van der Waals surface area contributed by atoms with Gasteiger partial charge in [-0.3, -0.25) is 4.79 Å². The summed E-state index contributed by atoms with van der Waals surface area (Å²) in [6.07, 6.45) is 5.85. The van der Waals surface area contributed by atoms with Crippen LogP contribution in [-0.2, 0) is 16.6 Å². The third-order valence-electron chi connectivity index (χ3n) is 5.93. The van der Waals surface area contributed by atoms with Crippen molar-refractivity contribution in [1.82, 2.24) is 0 Å². The maximum absolute atomic E-state index is 11.9. The van der Waals surface area contributed by atoms with Gasteiger partial charge in [-0.2, -0.15) is 0 Å². The number of aliphatic carboxylic acids is 1. The zero-order chi connectivity index (χ0) is 16.1. The zero-order valence-corrected chi connectivity index (χ0v) is 14.1. The monoisotopic (exact) mass is 298 g/mol. The topological polar surface area (TPSA) is 37.3 Å². The first-order valence-corrected chi connectivity index (χ1v) is 8.37. The van der Waals surface area contributed by atoms with Gasteiger partial charge in [0.2, 0.25) is 0 Å². The summed E-state index contributed by atoms with van der Waals surface area (Å²) >= 11 is 0. The quantitative estimate of drug-likeness (QED) is 0.794. The van der Waals surface area contributed by atoms with Crippen LogP contribution in [0.15, 0.2) is 29.8 Å². The highest BCUT2D eigenvalue weighted by molar-refractivity contribution is 5.80. The van der Waals surface area contributed by atoms with Gasteiger partial charge < -0.3 is 5.11 Å². The van der Waals surface area contributed by atoms with Gasteiger partial charge in [0.1, 0.15) is 0 Å². The van der Waals surface area contributed by atoms with Gasteiger partial charge >= 0.3 is 5.97 Å². The van der Waals surface area contributed by atoms with Gasteiger partial charge in [0.15, 0.2) is 0 Å². The van der Waals surface area contributed by atoms with E-state index in [9.17, 15) is 9.90 Å². The van der Waals surface area contributed by atoms with Crippen LogP contribution in [0.1, 0.15) is 69.6 Å². The molecule has 2 unspecified atom stereocenters. The van der Waals surface area contributed by atoms with Crippen LogP contribution in [0.3, 0.4) is 0 Å². The van der Waals surface area contributed by atoms with Gasteiger partial charge in [0.05, 0.1) is 5.41 Å². The highest BCUT2D eigenvalue weighted by Gasteiger charge is 2.50. The van der Waals surface area contributed by atoms with Crippen molar-refractivity contribution in [2.45, 2.75) is 64.7 Å². The van der Waals surface area contributed by atoms with Crippen molar-refractivity contribution in [3.8, 4) is 0 Å². The second-order valence-electron chi connectivity index (χ2n) is 7.72. The van der Waals surface area contributed by atoms with Crippen LogP contribution >= 0.6 is 0 Å². The van der Waals surface area contributed by atoms with Crippen molar-refractivity contribution in [3.05, 3.63) is 46.5 Å². The molecule has 2 nitrogen and oxygen atoms in total. The molecule has 2 aliphatic carbocycles. The average molecular weight is 298 g/mol. The first kappa shape index (κ1) is 15.3. The summed E-state index contributed by atoms with van der Waals surface area (Å²) in [5.74, 6) is -0.147. The predicted molar refractivity (Wildman–Crippen MR) is 89.3 cm³/mol. The third-order valence-corrected chi connectivity index (χ3v) is 5.93. The Morgan fingerprint density at radius 3 is 2.59 bits per heavy atom. The van der Waals surface area contributed by atoms with Crippen LogP contribution in [0.2, 0.25) is 0 Å². The molecule has 0 spiro atoms. The van der Waals surface area contributed by atoms with E-state index in [1.165, 1.54) is 16.7 Å². The van der Waals surface area contributed by atoms with E-state index in [0.717, 1.165) is 31.3 Å². The maximum Gasteiger partial charge on any atom is 0.313 e. The van der Waals surface area contributed by atoms with Crippen molar-refractivity contribution in [3.63, 3.8) is 0 Å². The molecule has 2 heteroatoms. The second kappa shape index (κ2) is 4.97. The predicted octanol–water partition coefficient (Wildman–Crippen LogP) is 4.83. The molecule has 22 heavy (non-hydrogen) atoms. The smallest absolute Gasteiger partial charge is 0.313 e. The third kappa shape index (κ3) is 2.04. The average Bonchev–Trinajstić information content (AvgIpc) is 2.46. The summed E-state index contributed by atoms with van der Waals surface area (Å²) in [6.45, 7) is 8.59. The fourth-order valence-corrected chi connectivity index (χ4v) is 4.52. The Morgan fingerprint density at radius 1 is 1.23 bits per heavy atom. The van der Waals surface area contributed by atoms with Crippen molar-refractivity contribution in [2.75, 3.05) is 0 Å². The number of hydrogen-bond donors (Lipinski definition) is 1. The van der Waals surface area contributed by atoms with E-state index >= 15 is 0 Å². The number of benzene rings is 1. The van der Waals surface area contributed by atoms with Crippen molar-refractivity contribution < 1.29 is 9.90 Å². The molecule has 2 aliphatic rings. The first-order chi connectivity index (χ1) is 10.3. The largest absolute Gasteiger partial charge is 0.481 e. The molecule has 0 radical (unpaired) electrons. The van der Waals surface area contributed by atoms with Crippen LogP contribution in [0.5, 0.6) is 0 Å². The lowest BCUT2D eigenvalue weighted by Crippen LogP contribution is -2.45. The Labute approximate surface area is 133 Å². The van der Waals surface area contributed by atoms with E-state index in [1.807, 2.05) is 6.92 Å². The van der Waals surface area contributed by atoms with Gasteiger partial charge in [0, 0.05) is 5.41 Å². The van der Waals surface area contributed by atoms with Crippen molar-refractivity contribution >= 4 is 5.97 Å². The number of carboxylic acid groups (broad SMARTS) is 1. The van der Waals surface area contributed by atoms with Gasteiger partial charge in [-0.1, -0.05) is 51.5 Å². The first-order valence-electron chi connectivity index (χ1n) is 8.37. The molecule has 0 amide bonds. The molecular weight excluding hydrogens is 272 g/mol. The fraction of sp³-hybridized carbons (Fsp3) is 0.550. The molecule has 0 aliphatic heterocycles. The Morgan fingerprint density at radius 2 is 1.95 bits per heavy atom. The Balaban J connectivity index is 2.12. The number of carbonyl (C=O) groups is 1. The van der Waals surface area contributed by atoms with Crippen molar-refractivity contribution in [1.29, 1.82) is 0 Å². The molecule has 0 bridgehead atoms. The summed E-state index contributed by atoms with van der Waals surface area (Å²) in [5, 5.41) is 9.77. The molecule has 118 valence electrons. The lowest BCUT2D eigenvalue weighted by atomic mass is 9.54. The highest BCUT2D eigenvalue weighted by atomic mass is 16.4. The Bertz CT molecular complexity index is 656. The summed E-state index contributed by atoms with van der Waals surface area (Å²) in [4.78, 5) is 11.9. The van der Waals surface area contributed by atoms with E-state index in [2.05, 4.69) is 45.0 Å². The van der Waals surface area contributed by atoms with Crippen LogP contribution in [0.25, 0.3) is 0 Å². The van der Waals surface area contributed by atoms with Crippen LogP contribution in [0, 0.1) is 5.41 Å². The minimum absolute atomic E-state index is 0.117. The molecule has 0 aromatic heterocycles. The van der Waals surface area contributed by atoms with Crippen LogP contribution in [0.4, 0.5) is 0 Å². The Kier molecular flexibility index (Phi) is 3.47. The van der Waals surface area contributed by atoms with E-state index in [0.29, 0.717) is 5.92 Å². The molecule has 2 atom stereocenters. The molecular formula is C20H26O2. The molecule has 0 heterocycles. The molecule has 1 N–H and O–H groups in total. The summed E-state index contributed by atoms with van der Waals surface area (Å²) in [7, 11) is 0. The lowest BCUT2D eigenvalue weighted by molar-refractivity contribution is -0.147. The van der Waals surface area contributed by atoms with E-state index in [4.69, 9.17) is 0 Å². The van der Waals surface area contributed by atoms with Gasteiger partial charge in [0.25, 0.3) is 0 Å². The standard InChI is InChI=1S/C20H26O2/c1-13(2)14-6-8-16-15(12-14)7-9-17-19(16,3)10-5-11-20(17,4)18(21)22/h6,8-9,12-13H,5,7,10-11H2,1-4H3,(H,21,22). The number of allylic oxidation sites excluding steroid dienone is 1. The molecule has 3 rings (SSSR count). The second-order valence-corrected chi connectivity index (χ2v) is 7.72. The lowest BCUT2D eigenvalue weighted by Gasteiger charge is -2.48. The SMILES string of the molecule is CC(C)c1ccc2c(c1)CC=C1C(C)(C(=O)O)CCCC12C. The van der Waals surface area contributed by atoms with Crippen LogP contribution in [-0.4, -0.2) is 11.1 Å². The number of rotatable bonds is 2. The van der Waals surface area contributed by atoms with Gasteiger partial charge in [-0.05, 0) is 54.4 Å². The van der Waals surface area contributed by atoms with Crippen LogP contribution < -0.4 is 0 Å². The number of fused-ring (bicyclic) bond motifs is 3. The molecule has 0 saturated heterocycles. The maximum atomic E-state index is 11.9. The molecule has 1 aromatic carbocycles. The number of carboxylic acids is 1. The minimum Gasteiger partial charge on any atom is -0.481 e. The molecule has 1 fully saturated rings. The summed E-state index contributed by atoms with van der Waals surface area (Å²) in [6, 6.07) is 6.81. The zero-order valence-electron chi connectivity index (χ0n) is 14.1. The van der Waals surface area contributed by atoms with E-state index < -0.39 is 11.4 Å². The highest BCUT2D eigenvalue weighted by Crippen LogP contribution is 2.55. The normalized spacial score (nSPS) is 30.5. The number of hydrogen-bond acceptors (Lipinski definition) is 1. The van der Waals surface area contributed by atoms with Gasteiger partial charge in [-0.15, -0.1) is 0 Å². The fourth-order valence-electron chi connectivity index (χ4n) is 4.52. The summed E-state index contributed by atoms with van der Waals surface area (Å²) in [5.41, 5.74) is 4.41. The minimum atomic E-state index is -0.707. The molecule has 1 saturated carbocycles. The van der Waals surface area contributed by atoms with E-state index in [-0.39, 0.29) is 5.41 Å². The summed E-state index contributed by atoms with van der Waals surface area (Å²) < 4.78 is 0.